The van der Waals surface area contributed by atoms with Gasteiger partial charge in [0, 0.05) is 6.20 Å². The molecular formula is C14H17ClF2NO8P. The number of ether oxygens (including phenoxy) is 1. The molecule has 2 saturated heterocycles. The number of nitrogens with zero attached hydrogens (tertiary/aromatic N) is 1. The number of allylic oxidation sites excluding steroid dienone is 1. The molecule has 0 aromatic carbocycles. The molecule has 27 heavy (non-hydrogen) atoms. The quantitative estimate of drug-likeness (QED) is 0.527. The maximum Gasteiger partial charge on any atom is 0.475 e. The van der Waals surface area contributed by atoms with Crippen LogP contribution in [0, 0.1) is 0 Å². The van der Waals surface area contributed by atoms with E-state index in [0.29, 0.717) is 0 Å². The molecule has 0 aromatic rings. The van der Waals surface area contributed by atoms with Crippen LogP contribution in [0.5, 0.6) is 0 Å². The second kappa shape index (κ2) is 7.14. The Kier molecular flexibility index (Phi) is 5.50. The average molecular weight is 432 g/mol. The smallest absolute Gasteiger partial charge is 0.386 e. The minimum Gasteiger partial charge on any atom is -0.386 e. The third kappa shape index (κ3) is 3.57. The highest BCUT2D eigenvalue weighted by molar-refractivity contribution is 7.48. The number of carbonyl (C=O) groups is 2. The van der Waals surface area contributed by atoms with Crippen LogP contribution < -0.4 is 0 Å². The van der Waals surface area contributed by atoms with Gasteiger partial charge in [-0.3, -0.25) is 28.1 Å². The van der Waals surface area contributed by atoms with Gasteiger partial charge in [-0.25, -0.2) is 13.3 Å². The van der Waals surface area contributed by atoms with Gasteiger partial charge in [0.2, 0.25) is 5.91 Å². The van der Waals surface area contributed by atoms with Crippen molar-refractivity contribution in [2.45, 2.75) is 56.8 Å². The number of halogens is 3. The Labute approximate surface area is 157 Å². The van der Waals surface area contributed by atoms with Crippen molar-refractivity contribution in [1.29, 1.82) is 0 Å². The average Bonchev–Trinajstić information content (AvgIpc) is 2.84. The number of hydrogen-bond donors (Lipinski definition) is 1. The predicted octanol–water partition coefficient (Wildman–Crippen LogP) is 1.54. The summed E-state index contributed by atoms with van der Waals surface area (Å²) in [4.78, 5) is 24.3. The lowest BCUT2D eigenvalue weighted by atomic mass is 9.96. The van der Waals surface area contributed by atoms with Gasteiger partial charge < -0.3 is 9.84 Å². The molecule has 9 nitrogen and oxygen atoms in total. The number of phosphoric acid groups is 1. The van der Waals surface area contributed by atoms with E-state index >= 15 is 0 Å². The van der Waals surface area contributed by atoms with E-state index in [1.54, 1.807) is 0 Å². The second-order valence-electron chi connectivity index (χ2n) is 6.53. The van der Waals surface area contributed by atoms with E-state index in [1.807, 2.05) is 0 Å². The summed E-state index contributed by atoms with van der Waals surface area (Å²) in [5, 5.41) is 10.2. The van der Waals surface area contributed by atoms with E-state index in [1.165, 1.54) is 13.8 Å². The molecule has 5 atom stereocenters. The molecule has 0 radical (unpaired) electrons. The van der Waals surface area contributed by atoms with Gasteiger partial charge in [-0.2, -0.15) is 0 Å². The zero-order valence-electron chi connectivity index (χ0n) is 14.2. The summed E-state index contributed by atoms with van der Waals surface area (Å²) in [5.74, 6) is -1.46. The van der Waals surface area contributed by atoms with Crippen molar-refractivity contribution in [3.05, 3.63) is 11.2 Å². The summed E-state index contributed by atoms with van der Waals surface area (Å²) >= 11 is 5.72. The topological polar surface area (TPSA) is 112 Å². The molecule has 2 fully saturated rings. The van der Waals surface area contributed by atoms with Crippen molar-refractivity contribution < 1.29 is 46.3 Å². The normalized spacial score (nSPS) is 39.9. The van der Waals surface area contributed by atoms with Gasteiger partial charge in [0.25, 0.3) is 6.43 Å². The van der Waals surface area contributed by atoms with Crippen molar-refractivity contribution in [1.82, 2.24) is 4.90 Å². The number of rotatable bonds is 4. The van der Waals surface area contributed by atoms with Gasteiger partial charge in [-0.1, -0.05) is 11.6 Å². The molecule has 3 rings (SSSR count). The fourth-order valence-electron chi connectivity index (χ4n) is 2.99. The third-order valence-electron chi connectivity index (χ3n) is 4.22. The summed E-state index contributed by atoms with van der Waals surface area (Å²) in [6, 6.07) is 0. The van der Waals surface area contributed by atoms with E-state index in [2.05, 4.69) is 0 Å². The molecule has 3 heterocycles. The predicted molar refractivity (Wildman–Crippen MR) is 84.7 cm³/mol. The maximum absolute atomic E-state index is 13.8. The Hall–Kier alpha value is -0.940. The molecule has 152 valence electrons. The first-order valence-corrected chi connectivity index (χ1v) is 9.80. The molecule has 0 aliphatic carbocycles. The first-order valence-electron chi connectivity index (χ1n) is 7.96. The summed E-state index contributed by atoms with van der Waals surface area (Å²) in [6.45, 7) is 2.16. The molecule has 0 spiro atoms. The zero-order chi connectivity index (χ0) is 20.1. The molecule has 1 unspecified atom stereocenters. The first kappa shape index (κ1) is 20.8. The number of hydrogen-bond acceptors (Lipinski definition) is 8. The lowest BCUT2D eigenvalue weighted by Gasteiger charge is -2.39. The SMILES string of the molecule is CC(C)OP1(=O)OC[C@@]2(C(F)F)O[C@@H](N3C=C(Cl)C(=O)CC3=O)[C@@H](O)[C@@H]2O1. The number of amides is 1. The number of fused-ring (bicyclic) bond motifs is 1. The monoisotopic (exact) mass is 431 g/mol. The molecular weight excluding hydrogens is 415 g/mol. The summed E-state index contributed by atoms with van der Waals surface area (Å²) in [6.07, 6.45) is -8.82. The molecule has 0 bridgehead atoms. The van der Waals surface area contributed by atoms with Gasteiger partial charge in [0.15, 0.2) is 17.6 Å². The molecule has 0 saturated carbocycles. The first-order chi connectivity index (χ1) is 12.5. The Morgan fingerprint density at radius 1 is 1.44 bits per heavy atom. The summed E-state index contributed by atoms with van der Waals surface area (Å²) in [5.41, 5.74) is -2.49. The van der Waals surface area contributed by atoms with E-state index < -0.39 is 69.1 Å². The van der Waals surface area contributed by atoms with Crippen LogP contribution in [0.15, 0.2) is 11.2 Å². The van der Waals surface area contributed by atoms with Crippen molar-refractivity contribution >= 4 is 31.1 Å². The Balaban J connectivity index is 1.93. The minimum atomic E-state index is -4.24. The lowest BCUT2D eigenvalue weighted by molar-refractivity contribution is -0.213. The van der Waals surface area contributed by atoms with Crippen LogP contribution in [0.3, 0.4) is 0 Å². The van der Waals surface area contributed by atoms with Gasteiger partial charge in [-0.05, 0) is 13.8 Å². The van der Waals surface area contributed by atoms with Crippen LogP contribution in [-0.2, 0) is 32.5 Å². The van der Waals surface area contributed by atoms with Crippen LogP contribution in [0.2, 0.25) is 0 Å². The molecule has 1 N–H and O–H groups in total. The van der Waals surface area contributed by atoms with E-state index in [-0.39, 0.29) is 5.03 Å². The highest BCUT2D eigenvalue weighted by atomic mass is 35.5. The molecule has 3 aliphatic heterocycles. The Bertz CT molecular complexity index is 734. The number of alkyl halides is 2. The zero-order valence-corrected chi connectivity index (χ0v) is 15.9. The third-order valence-corrected chi connectivity index (χ3v) is 6.14. The summed E-state index contributed by atoms with van der Waals surface area (Å²) in [7, 11) is -4.24. The fraction of sp³-hybridized carbons (Fsp3) is 0.714. The van der Waals surface area contributed by atoms with E-state index in [4.69, 9.17) is 29.9 Å². The lowest BCUT2D eigenvalue weighted by Crippen LogP contribution is -2.56. The molecule has 0 aromatic heterocycles. The number of ketones is 1. The number of aliphatic hydroxyl groups excluding tert-OH is 1. The largest absolute Gasteiger partial charge is 0.475 e. The number of aliphatic hydroxyl groups is 1. The van der Waals surface area contributed by atoms with Crippen molar-refractivity contribution in [2.75, 3.05) is 6.61 Å². The second-order valence-corrected chi connectivity index (χ2v) is 8.51. The number of phosphoric ester groups is 1. The van der Waals surface area contributed by atoms with Gasteiger partial charge in [0.05, 0.1) is 19.1 Å². The van der Waals surface area contributed by atoms with Crippen LogP contribution in [0.4, 0.5) is 8.78 Å². The number of carbonyl (C=O) groups excluding carboxylic acids is 2. The highest BCUT2D eigenvalue weighted by Crippen LogP contribution is 2.60. The molecule has 1 amide bonds. The van der Waals surface area contributed by atoms with Gasteiger partial charge in [0.1, 0.15) is 17.2 Å². The Morgan fingerprint density at radius 3 is 2.70 bits per heavy atom. The molecule has 13 heteroatoms. The van der Waals surface area contributed by atoms with Crippen LogP contribution in [0.1, 0.15) is 20.3 Å². The van der Waals surface area contributed by atoms with E-state index in [9.17, 15) is 28.0 Å². The number of Topliss-reactive ketones (excluding diaryl/α,β-unsaturated/α-hetero) is 1. The van der Waals surface area contributed by atoms with E-state index in [0.717, 1.165) is 11.1 Å². The fourth-order valence-corrected chi connectivity index (χ4v) is 4.79. The van der Waals surface area contributed by atoms with Crippen LogP contribution in [0.25, 0.3) is 0 Å². The van der Waals surface area contributed by atoms with Crippen molar-refractivity contribution in [3.8, 4) is 0 Å². The maximum atomic E-state index is 13.8. The van der Waals surface area contributed by atoms with Crippen LogP contribution in [-0.4, -0.2) is 64.9 Å². The van der Waals surface area contributed by atoms with Gasteiger partial charge >= 0.3 is 7.82 Å². The molecule has 3 aliphatic rings. The van der Waals surface area contributed by atoms with Crippen molar-refractivity contribution in [2.24, 2.45) is 0 Å². The van der Waals surface area contributed by atoms with Gasteiger partial charge in [-0.15, -0.1) is 0 Å². The van der Waals surface area contributed by atoms with Crippen LogP contribution >= 0.6 is 19.4 Å². The standard InChI is InChI=1S/C14H17ClF2NO8P/c1-6(2)25-27(22)23-5-14(13(16)17)11(26-27)10(21)12(24-14)18-4-7(15)8(19)3-9(18)20/h4,6,10-13,21H,3,5H2,1-2H3/t10-,11-,12+,14+,27?/m0/s1. The highest BCUT2D eigenvalue weighted by Gasteiger charge is 2.68. The van der Waals surface area contributed by atoms with Crippen molar-refractivity contribution in [3.63, 3.8) is 0 Å². The Morgan fingerprint density at radius 2 is 2.11 bits per heavy atom. The minimum absolute atomic E-state index is 0.322. The summed E-state index contributed by atoms with van der Waals surface area (Å²) < 4.78 is 60.4.